The minimum absolute atomic E-state index is 0.0385. The highest BCUT2D eigenvalue weighted by Crippen LogP contribution is 2.26. The predicted molar refractivity (Wildman–Crippen MR) is 81.0 cm³/mol. The summed E-state index contributed by atoms with van der Waals surface area (Å²) < 4.78 is 5.18. The third-order valence-corrected chi connectivity index (χ3v) is 3.70. The molecule has 1 atom stereocenters. The molecule has 6 nitrogen and oxygen atoms in total. The van der Waals surface area contributed by atoms with Gasteiger partial charge in [-0.3, -0.25) is 9.59 Å². The number of anilines is 2. The largest absolute Gasteiger partial charge is 0.495 e. The summed E-state index contributed by atoms with van der Waals surface area (Å²) in [5, 5.41) is 2.74. The molecule has 1 saturated heterocycles. The number of nitrogens with zero attached hydrogens (tertiary/aromatic N) is 1. The average Bonchev–Trinajstić information content (AvgIpc) is 2.79. The first-order valence-electron chi connectivity index (χ1n) is 7.04. The number of nitrogens with one attached hydrogen (secondary N) is 1. The van der Waals surface area contributed by atoms with Gasteiger partial charge in [0.1, 0.15) is 5.75 Å². The van der Waals surface area contributed by atoms with Gasteiger partial charge in [-0.25, -0.2) is 0 Å². The van der Waals surface area contributed by atoms with Crippen molar-refractivity contribution in [1.29, 1.82) is 0 Å². The van der Waals surface area contributed by atoms with Gasteiger partial charge in [0, 0.05) is 18.7 Å². The van der Waals surface area contributed by atoms with Crippen LogP contribution in [0.15, 0.2) is 18.2 Å². The molecule has 0 radical (unpaired) electrons. The van der Waals surface area contributed by atoms with E-state index in [2.05, 4.69) is 12.2 Å². The topological polar surface area (TPSA) is 84.7 Å². The van der Waals surface area contributed by atoms with Gasteiger partial charge in [-0.1, -0.05) is 13.3 Å². The molecule has 2 rings (SSSR count). The van der Waals surface area contributed by atoms with Crippen molar-refractivity contribution in [2.24, 2.45) is 5.92 Å². The van der Waals surface area contributed by atoms with Crippen molar-refractivity contribution in [3.63, 3.8) is 0 Å². The van der Waals surface area contributed by atoms with E-state index in [9.17, 15) is 9.59 Å². The number of rotatable bonds is 5. The number of amides is 2. The molecule has 0 aromatic heterocycles. The first-order chi connectivity index (χ1) is 10.0. The number of nitrogens with two attached hydrogens (primary N) is 1. The SMILES string of the molecule is CCC1CC(=O)N(CC(=O)Nc2cc(N)ccc2OC)C1. The monoisotopic (exact) mass is 291 g/mol. The van der Waals surface area contributed by atoms with Gasteiger partial charge < -0.3 is 20.7 Å². The second-order valence-electron chi connectivity index (χ2n) is 5.26. The average molecular weight is 291 g/mol. The molecule has 0 spiro atoms. The zero-order valence-corrected chi connectivity index (χ0v) is 12.4. The summed E-state index contributed by atoms with van der Waals surface area (Å²) in [6.45, 7) is 2.77. The number of carbonyl (C=O) groups is 2. The van der Waals surface area contributed by atoms with Crippen LogP contribution in [0.2, 0.25) is 0 Å². The highest BCUT2D eigenvalue weighted by molar-refractivity contribution is 5.96. The summed E-state index contributed by atoms with van der Waals surface area (Å²) in [5.41, 5.74) is 6.76. The Bertz CT molecular complexity index is 545. The van der Waals surface area contributed by atoms with Crippen LogP contribution in [0.25, 0.3) is 0 Å². The molecule has 1 fully saturated rings. The van der Waals surface area contributed by atoms with Crippen LogP contribution in [0.4, 0.5) is 11.4 Å². The Hall–Kier alpha value is -2.24. The summed E-state index contributed by atoms with van der Waals surface area (Å²) in [6.07, 6.45) is 1.48. The van der Waals surface area contributed by atoms with Crippen LogP contribution >= 0.6 is 0 Å². The number of hydrogen-bond donors (Lipinski definition) is 2. The number of nitrogen functional groups attached to an aromatic ring is 1. The highest BCUT2D eigenvalue weighted by atomic mass is 16.5. The lowest BCUT2D eigenvalue weighted by Gasteiger charge is -2.17. The van der Waals surface area contributed by atoms with E-state index in [0.29, 0.717) is 36.0 Å². The van der Waals surface area contributed by atoms with Crippen molar-refractivity contribution in [2.45, 2.75) is 19.8 Å². The molecular formula is C15H21N3O3. The quantitative estimate of drug-likeness (QED) is 0.805. The lowest BCUT2D eigenvalue weighted by Crippen LogP contribution is -2.34. The van der Waals surface area contributed by atoms with E-state index in [4.69, 9.17) is 10.5 Å². The highest BCUT2D eigenvalue weighted by Gasteiger charge is 2.29. The molecule has 1 aromatic rings. The number of benzene rings is 1. The minimum atomic E-state index is -0.246. The molecule has 1 unspecified atom stereocenters. The van der Waals surface area contributed by atoms with Crippen LogP contribution in [0.3, 0.4) is 0 Å². The van der Waals surface area contributed by atoms with Crippen molar-refractivity contribution in [2.75, 3.05) is 31.2 Å². The number of methoxy groups -OCH3 is 1. The number of hydrogen-bond acceptors (Lipinski definition) is 4. The van der Waals surface area contributed by atoms with E-state index < -0.39 is 0 Å². The molecule has 21 heavy (non-hydrogen) atoms. The molecule has 3 N–H and O–H groups in total. The third kappa shape index (κ3) is 3.65. The van der Waals surface area contributed by atoms with Gasteiger partial charge in [0.2, 0.25) is 11.8 Å². The van der Waals surface area contributed by atoms with Crippen molar-refractivity contribution in [1.82, 2.24) is 4.90 Å². The Labute approximate surface area is 124 Å². The Morgan fingerprint density at radius 2 is 2.29 bits per heavy atom. The molecule has 2 amide bonds. The van der Waals surface area contributed by atoms with Crippen molar-refractivity contribution < 1.29 is 14.3 Å². The molecule has 1 aromatic carbocycles. The minimum Gasteiger partial charge on any atom is -0.495 e. The Kier molecular flexibility index (Phi) is 4.67. The Balaban J connectivity index is 1.99. The molecule has 1 heterocycles. The molecule has 0 saturated carbocycles. The zero-order valence-electron chi connectivity index (χ0n) is 12.4. The summed E-state index contributed by atoms with van der Waals surface area (Å²) >= 11 is 0. The van der Waals surface area contributed by atoms with Crippen LogP contribution in [0.1, 0.15) is 19.8 Å². The van der Waals surface area contributed by atoms with Gasteiger partial charge in [0.05, 0.1) is 19.3 Å². The van der Waals surface area contributed by atoms with Gasteiger partial charge in [-0.05, 0) is 24.1 Å². The van der Waals surface area contributed by atoms with E-state index >= 15 is 0 Å². The molecular weight excluding hydrogens is 270 g/mol. The van der Waals surface area contributed by atoms with Crippen molar-refractivity contribution in [3.8, 4) is 5.75 Å². The summed E-state index contributed by atoms with van der Waals surface area (Å²) in [5.74, 6) is 0.685. The van der Waals surface area contributed by atoms with E-state index in [1.807, 2.05) is 0 Å². The van der Waals surface area contributed by atoms with E-state index in [1.165, 1.54) is 7.11 Å². The first kappa shape index (κ1) is 15.2. The van der Waals surface area contributed by atoms with Crippen molar-refractivity contribution in [3.05, 3.63) is 18.2 Å². The Morgan fingerprint density at radius 3 is 2.90 bits per heavy atom. The van der Waals surface area contributed by atoms with Crippen LogP contribution < -0.4 is 15.8 Å². The first-order valence-corrected chi connectivity index (χ1v) is 7.04. The Morgan fingerprint density at radius 1 is 1.52 bits per heavy atom. The maximum atomic E-state index is 12.1. The molecule has 6 heteroatoms. The molecule has 114 valence electrons. The maximum Gasteiger partial charge on any atom is 0.244 e. The fourth-order valence-electron chi connectivity index (χ4n) is 2.47. The second kappa shape index (κ2) is 6.47. The molecule has 0 bridgehead atoms. The standard InChI is InChI=1S/C15H21N3O3/c1-3-10-6-15(20)18(8-10)9-14(19)17-12-7-11(16)4-5-13(12)21-2/h4-5,7,10H,3,6,8-9,16H2,1-2H3,(H,17,19). The fraction of sp³-hybridized carbons (Fsp3) is 0.467. The summed E-state index contributed by atoms with van der Waals surface area (Å²) in [4.78, 5) is 25.5. The van der Waals surface area contributed by atoms with Gasteiger partial charge in [0.15, 0.2) is 0 Å². The number of likely N-dealkylation sites (tertiary alicyclic amines) is 1. The van der Waals surface area contributed by atoms with Gasteiger partial charge in [0.25, 0.3) is 0 Å². The zero-order chi connectivity index (χ0) is 15.4. The summed E-state index contributed by atoms with van der Waals surface area (Å²) in [6, 6.07) is 5.03. The van der Waals surface area contributed by atoms with Crippen molar-refractivity contribution >= 4 is 23.2 Å². The lowest BCUT2D eigenvalue weighted by atomic mass is 10.1. The van der Waals surface area contributed by atoms with Gasteiger partial charge in [-0.15, -0.1) is 0 Å². The number of carbonyl (C=O) groups excluding carboxylic acids is 2. The van der Waals surface area contributed by atoms with Crippen LogP contribution in [-0.4, -0.2) is 36.9 Å². The molecule has 0 aliphatic carbocycles. The third-order valence-electron chi connectivity index (χ3n) is 3.70. The normalized spacial score (nSPS) is 17.9. The molecule has 1 aliphatic rings. The van der Waals surface area contributed by atoms with E-state index in [0.717, 1.165) is 6.42 Å². The second-order valence-corrected chi connectivity index (χ2v) is 5.26. The lowest BCUT2D eigenvalue weighted by molar-refractivity contribution is -0.131. The fourth-order valence-corrected chi connectivity index (χ4v) is 2.47. The van der Waals surface area contributed by atoms with Crippen LogP contribution in [0.5, 0.6) is 5.75 Å². The van der Waals surface area contributed by atoms with Crippen LogP contribution in [-0.2, 0) is 9.59 Å². The predicted octanol–water partition coefficient (Wildman–Crippen LogP) is 1.47. The van der Waals surface area contributed by atoms with Crippen LogP contribution in [0, 0.1) is 5.92 Å². The smallest absolute Gasteiger partial charge is 0.244 e. The van der Waals surface area contributed by atoms with E-state index in [1.54, 1.807) is 23.1 Å². The van der Waals surface area contributed by atoms with Gasteiger partial charge >= 0.3 is 0 Å². The maximum absolute atomic E-state index is 12.1. The van der Waals surface area contributed by atoms with Gasteiger partial charge in [-0.2, -0.15) is 0 Å². The molecule has 1 aliphatic heterocycles. The number of ether oxygens (including phenoxy) is 1. The van der Waals surface area contributed by atoms with E-state index in [-0.39, 0.29) is 18.4 Å². The summed E-state index contributed by atoms with van der Waals surface area (Å²) in [7, 11) is 1.52.